The van der Waals surface area contributed by atoms with Gasteiger partial charge in [-0.3, -0.25) is 4.79 Å². The molecule has 2 heterocycles. The van der Waals surface area contributed by atoms with Gasteiger partial charge in [0, 0.05) is 35.8 Å². The summed E-state index contributed by atoms with van der Waals surface area (Å²) in [6.07, 6.45) is 7.32. The van der Waals surface area contributed by atoms with Crippen LogP contribution in [-0.2, 0) is 14.3 Å². The van der Waals surface area contributed by atoms with Gasteiger partial charge in [-0.15, -0.1) is 11.3 Å². The second-order valence-corrected chi connectivity index (χ2v) is 9.08. The van der Waals surface area contributed by atoms with Crippen molar-refractivity contribution in [3.8, 4) is 0 Å². The molecule has 162 valence electrons. The highest BCUT2D eigenvalue weighted by molar-refractivity contribution is 7.17. The summed E-state index contributed by atoms with van der Waals surface area (Å²) in [4.78, 5) is 13.0. The fraction of sp³-hybridized carbons (Fsp3) is 0.542. The number of hydrogen-bond donors (Lipinski definition) is 2. The van der Waals surface area contributed by atoms with E-state index in [9.17, 15) is 9.90 Å². The maximum Gasteiger partial charge on any atom is 0.286 e. The third-order valence-corrected chi connectivity index (χ3v) is 7.18. The number of fused-ring (bicyclic) bond motifs is 1. The summed E-state index contributed by atoms with van der Waals surface area (Å²) >= 11 is 1.72. The minimum Gasteiger partial charge on any atom is -0.459 e. The van der Waals surface area contributed by atoms with Gasteiger partial charge in [0.15, 0.2) is 5.76 Å². The minimum atomic E-state index is -0.500. The number of allylic oxidation sites excluding steroid dienone is 1. The molecule has 0 radical (unpaired) electrons. The van der Waals surface area contributed by atoms with Gasteiger partial charge < -0.3 is 19.9 Å². The van der Waals surface area contributed by atoms with Crippen LogP contribution >= 0.6 is 11.3 Å². The summed E-state index contributed by atoms with van der Waals surface area (Å²) in [5, 5.41) is 16.0. The molecular weight excluding hydrogens is 398 g/mol. The van der Waals surface area contributed by atoms with Gasteiger partial charge in [-0.05, 0) is 61.1 Å². The van der Waals surface area contributed by atoms with Gasteiger partial charge in [-0.1, -0.05) is 31.0 Å². The van der Waals surface area contributed by atoms with E-state index in [2.05, 4.69) is 35.0 Å². The van der Waals surface area contributed by atoms with Crippen LogP contribution in [0, 0.1) is 5.92 Å². The number of aliphatic hydroxyl groups is 1. The van der Waals surface area contributed by atoms with Crippen LogP contribution in [0.2, 0.25) is 0 Å². The first kappa shape index (κ1) is 21.3. The van der Waals surface area contributed by atoms with Crippen LogP contribution in [-0.4, -0.2) is 36.6 Å². The Hall–Kier alpha value is -1.89. The molecule has 2 N–H and O–H groups in total. The standard InChI is InChI=1S/C24H31NO4S/c1-2-28-24-18(11-7-13-26)19(20-15-30-22-12-6-5-10-17(20)22)14-21(29-24)23(27)25-16-8-3-4-9-16/h5-6,10,12,14-16,18-19,24,26H,2-4,7-9,11,13H2,1H3,(H,25,27)/t18-,19-,24+/m1/s1. The zero-order valence-electron chi connectivity index (χ0n) is 17.5. The molecule has 1 aromatic heterocycles. The number of benzene rings is 1. The van der Waals surface area contributed by atoms with Gasteiger partial charge in [-0.25, -0.2) is 0 Å². The van der Waals surface area contributed by atoms with E-state index in [0.29, 0.717) is 18.8 Å². The van der Waals surface area contributed by atoms with Crippen molar-refractivity contribution in [3.05, 3.63) is 47.0 Å². The molecule has 5 nitrogen and oxygen atoms in total. The van der Waals surface area contributed by atoms with E-state index in [1.807, 2.05) is 13.0 Å². The highest BCUT2D eigenvalue weighted by Crippen LogP contribution is 2.43. The number of carbonyl (C=O) groups is 1. The maximum absolute atomic E-state index is 13.0. The summed E-state index contributed by atoms with van der Waals surface area (Å²) in [5.74, 6) is 0.262. The monoisotopic (exact) mass is 429 g/mol. The summed E-state index contributed by atoms with van der Waals surface area (Å²) in [6.45, 7) is 2.58. The predicted octanol–water partition coefficient (Wildman–Crippen LogP) is 4.71. The van der Waals surface area contributed by atoms with Crippen molar-refractivity contribution >= 4 is 27.3 Å². The highest BCUT2D eigenvalue weighted by atomic mass is 32.1. The third-order valence-electron chi connectivity index (χ3n) is 6.20. The van der Waals surface area contributed by atoms with Crippen LogP contribution in [0.4, 0.5) is 0 Å². The lowest BCUT2D eigenvalue weighted by Crippen LogP contribution is -2.41. The van der Waals surface area contributed by atoms with Gasteiger partial charge in [0.25, 0.3) is 5.91 Å². The van der Waals surface area contributed by atoms with Gasteiger partial charge in [0.05, 0.1) is 0 Å². The average Bonchev–Trinajstić information content (AvgIpc) is 3.42. The molecule has 1 aliphatic carbocycles. The Labute approximate surface area is 182 Å². The first-order valence-electron chi connectivity index (χ1n) is 11.1. The first-order valence-corrected chi connectivity index (χ1v) is 12.0. The molecule has 0 saturated heterocycles. The Kier molecular flexibility index (Phi) is 7.08. The summed E-state index contributed by atoms with van der Waals surface area (Å²) in [7, 11) is 0. The van der Waals surface area contributed by atoms with Gasteiger partial charge in [0.2, 0.25) is 6.29 Å². The van der Waals surface area contributed by atoms with E-state index in [1.165, 1.54) is 28.5 Å². The Balaban J connectivity index is 1.69. The van der Waals surface area contributed by atoms with Crippen molar-refractivity contribution in [2.24, 2.45) is 5.92 Å². The third kappa shape index (κ3) is 4.56. The van der Waals surface area contributed by atoms with Crippen LogP contribution in [0.25, 0.3) is 10.1 Å². The SMILES string of the molecule is CCO[C@H]1OC(C(=O)NC2CCCC2)=C[C@@H](c2csc3ccccc23)[C@H]1CCCO. The predicted molar refractivity (Wildman–Crippen MR) is 119 cm³/mol. The number of carbonyl (C=O) groups excluding carboxylic acids is 1. The largest absolute Gasteiger partial charge is 0.459 e. The number of ether oxygens (including phenoxy) is 2. The van der Waals surface area contributed by atoms with Crippen molar-refractivity contribution < 1.29 is 19.4 Å². The molecule has 3 atom stereocenters. The number of aliphatic hydroxyl groups excluding tert-OH is 1. The first-order chi connectivity index (χ1) is 14.7. The summed E-state index contributed by atoms with van der Waals surface area (Å²) in [6, 6.07) is 8.61. The fourth-order valence-electron chi connectivity index (χ4n) is 4.71. The molecule has 0 bridgehead atoms. The number of rotatable bonds is 8. The number of hydrogen-bond acceptors (Lipinski definition) is 5. The molecule has 2 aliphatic rings. The van der Waals surface area contributed by atoms with Crippen molar-refractivity contribution in [2.45, 2.75) is 63.7 Å². The molecule has 1 amide bonds. The highest BCUT2D eigenvalue weighted by Gasteiger charge is 2.39. The normalized spacial score (nSPS) is 24.6. The minimum absolute atomic E-state index is 0.00216. The van der Waals surface area contributed by atoms with Crippen LogP contribution in [0.3, 0.4) is 0 Å². The van der Waals surface area contributed by atoms with Crippen molar-refractivity contribution in [3.63, 3.8) is 0 Å². The smallest absolute Gasteiger partial charge is 0.286 e. The molecule has 1 fully saturated rings. The van der Waals surface area contributed by atoms with Crippen LogP contribution in [0.1, 0.15) is 56.9 Å². The Morgan fingerprint density at radius 1 is 1.30 bits per heavy atom. The Morgan fingerprint density at radius 3 is 2.87 bits per heavy atom. The van der Waals surface area contributed by atoms with Gasteiger partial charge in [-0.2, -0.15) is 0 Å². The molecule has 1 aromatic carbocycles. The summed E-state index contributed by atoms with van der Waals surface area (Å²) < 4.78 is 13.3. The maximum atomic E-state index is 13.0. The van der Waals surface area contributed by atoms with Crippen molar-refractivity contribution in [2.75, 3.05) is 13.2 Å². The topological polar surface area (TPSA) is 67.8 Å². The second-order valence-electron chi connectivity index (χ2n) is 8.17. The van der Waals surface area contributed by atoms with E-state index in [0.717, 1.165) is 19.3 Å². The quantitative estimate of drug-likeness (QED) is 0.638. The van der Waals surface area contributed by atoms with Crippen LogP contribution in [0.5, 0.6) is 0 Å². The molecule has 4 rings (SSSR count). The number of amides is 1. The molecule has 2 aromatic rings. The number of thiophene rings is 1. The van der Waals surface area contributed by atoms with E-state index < -0.39 is 6.29 Å². The average molecular weight is 430 g/mol. The van der Waals surface area contributed by atoms with Gasteiger partial charge in [0.1, 0.15) is 0 Å². The van der Waals surface area contributed by atoms with Crippen LogP contribution in [0.15, 0.2) is 41.5 Å². The molecule has 30 heavy (non-hydrogen) atoms. The number of nitrogens with one attached hydrogen (secondary N) is 1. The van der Waals surface area contributed by atoms with Crippen LogP contribution < -0.4 is 5.32 Å². The Bertz CT molecular complexity index is 886. The molecule has 1 saturated carbocycles. The fourth-order valence-corrected chi connectivity index (χ4v) is 5.71. The molecule has 0 unspecified atom stereocenters. The lowest BCUT2D eigenvalue weighted by Gasteiger charge is -2.37. The lowest BCUT2D eigenvalue weighted by atomic mass is 9.80. The van der Waals surface area contributed by atoms with Crippen molar-refractivity contribution in [1.82, 2.24) is 5.32 Å². The second kappa shape index (κ2) is 9.94. The van der Waals surface area contributed by atoms with E-state index in [1.54, 1.807) is 11.3 Å². The molecule has 1 aliphatic heterocycles. The van der Waals surface area contributed by atoms with E-state index in [4.69, 9.17) is 9.47 Å². The molecular formula is C24H31NO4S. The zero-order chi connectivity index (χ0) is 20.9. The zero-order valence-corrected chi connectivity index (χ0v) is 18.3. The van der Waals surface area contributed by atoms with Gasteiger partial charge >= 0.3 is 0 Å². The molecule has 6 heteroatoms. The summed E-state index contributed by atoms with van der Waals surface area (Å²) in [5.41, 5.74) is 1.21. The Morgan fingerprint density at radius 2 is 2.10 bits per heavy atom. The van der Waals surface area contributed by atoms with Crippen molar-refractivity contribution in [1.29, 1.82) is 0 Å². The lowest BCUT2D eigenvalue weighted by molar-refractivity contribution is -0.166. The molecule has 0 spiro atoms. The van der Waals surface area contributed by atoms with E-state index >= 15 is 0 Å². The van der Waals surface area contributed by atoms with E-state index in [-0.39, 0.29) is 30.4 Å².